The van der Waals surface area contributed by atoms with E-state index in [4.69, 9.17) is 11.6 Å². The number of carbonyl (C=O) groups excluding carboxylic acids is 1. The average Bonchev–Trinajstić information content (AvgIpc) is 2.36. The SMILES string of the molecule is CC(=O)c1ccc(C)n(Cc2ccccc2Cl)c1=O. The molecule has 0 aliphatic rings. The van der Waals surface area contributed by atoms with Gasteiger partial charge in [0, 0.05) is 10.7 Å². The summed E-state index contributed by atoms with van der Waals surface area (Å²) in [5.41, 5.74) is 1.59. The maximum atomic E-state index is 12.2. The third-order valence-electron chi connectivity index (χ3n) is 3.06. The Hall–Kier alpha value is -1.87. The van der Waals surface area contributed by atoms with E-state index in [0.29, 0.717) is 11.6 Å². The molecule has 0 bridgehead atoms. The van der Waals surface area contributed by atoms with Crippen LogP contribution in [0.4, 0.5) is 0 Å². The smallest absolute Gasteiger partial charge is 0.261 e. The van der Waals surface area contributed by atoms with Crippen molar-refractivity contribution >= 4 is 17.4 Å². The van der Waals surface area contributed by atoms with Crippen LogP contribution in [0, 0.1) is 6.92 Å². The van der Waals surface area contributed by atoms with Crippen LogP contribution < -0.4 is 5.56 Å². The number of halogens is 1. The van der Waals surface area contributed by atoms with Crippen molar-refractivity contribution in [3.8, 4) is 0 Å². The lowest BCUT2D eigenvalue weighted by molar-refractivity contribution is 0.101. The number of benzene rings is 1. The molecule has 0 unspecified atom stereocenters. The van der Waals surface area contributed by atoms with Gasteiger partial charge < -0.3 is 4.57 Å². The van der Waals surface area contributed by atoms with E-state index in [0.717, 1.165) is 11.3 Å². The Labute approximate surface area is 116 Å². The number of Topliss-reactive ketones (excluding diaryl/α,β-unsaturated/α-hetero) is 1. The van der Waals surface area contributed by atoms with Crippen molar-refractivity contribution in [1.29, 1.82) is 0 Å². The van der Waals surface area contributed by atoms with Crippen LogP contribution in [0.2, 0.25) is 5.02 Å². The van der Waals surface area contributed by atoms with Crippen molar-refractivity contribution in [2.75, 3.05) is 0 Å². The molecule has 2 rings (SSSR count). The third kappa shape index (κ3) is 2.76. The summed E-state index contributed by atoms with van der Waals surface area (Å²) in [4.78, 5) is 23.7. The minimum atomic E-state index is -0.271. The van der Waals surface area contributed by atoms with Gasteiger partial charge in [0.1, 0.15) is 0 Å². The molecule has 0 N–H and O–H groups in total. The molecule has 0 radical (unpaired) electrons. The highest BCUT2D eigenvalue weighted by Crippen LogP contribution is 2.16. The molecule has 0 atom stereocenters. The van der Waals surface area contributed by atoms with Gasteiger partial charge in [-0.05, 0) is 37.6 Å². The van der Waals surface area contributed by atoms with Crippen molar-refractivity contribution in [2.24, 2.45) is 0 Å². The van der Waals surface area contributed by atoms with Crippen LogP contribution in [0.1, 0.15) is 28.5 Å². The zero-order chi connectivity index (χ0) is 14.0. The standard InChI is InChI=1S/C15H14ClNO2/c1-10-7-8-13(11(2)18)15(19)17(10)9-12-5-3-4-6-14(12)16/h3-8H,9H2,1-2H3. The number of aryl methyl sites for hydroxylation is 1. The van der Waals surface area contributed by atoms with Crippen molar-refractivity contribution in [3.05, 3.63) is 68.6 Å². The van der Waals surface area contributed by atoms with Crippen LogP contribution >= 0.6 is 11.6 Å². The van der Waals surface area contributed by atoms with Crippen LogP contribution in [0.15, 0.2) is 41.2 Å². The zero-order valence-electron chi connectivity index (χ0n) is 10.8. The van der Waals surface area contributed by atoms with E-state index in [-0.39, 0.29) is 16.9 Å². The van der Waals surface area contributed by atoms with Crippen LogP contribution in [0.25, 0.3) is 0 Å². The van der Waals surface area contributed by atoms with E-state index >= 15 is 0 Å². The van der Waals surface area contributed by atoms with Gasteiger partial charge in [-0.25, -0.2) is 0 Å². The second-order valence-corrected chi connectivity index (χ2v) is 4.83. The van der Waals surface area contributed by atoms with E-state index in [1.54, 1.807) is 22.8 Å². The minimum Gasteiger partial charge on any atom is -0.308 e. The molecule has 0 saturated carbocycles. The molecule has 1 heterocycles. The van der Waals surface area contributed by atoms with E-state index in [1.807, 2.05) is 25.1 Å². The summed E-state index contributed by atoms with van der Waals surface area (Å²) in [5, 5.41) is 0.613. The normalized spacial score (nSPS) is 10.5. The summed E-state index contributed by atoms with van der Waals surface area (Å²) in [6.45, 7) is 3.60. The van der Waals surface area contributed by atoms with Crippen molar-refractivity contribution in [1.82, 2.24) is 4.57 Å². The second-order valence-electron chi connectivity index (χ2n) is 4.43. The number of hydrogen-bond donors (Lipinski definition) is 0. The zero-order valence-corrected chi connectivity index (χ0v) is 11.6. The number of hydrogen-bond acceptors (Lipinski definition) is 2. The lowest BCUT2D eigenvalue weighted by Crippen LogP contribution is -2.27. The molecule has 98 valence electrons. The van der Waals surface area contributed by atoms with Gasteiger partial charge in [-0.2, -0.15) is 0 Å². The molecule has 0 amide bonds. The first-order valence-electron chi connectivity index (χ1n) is 5.95. The van der Waals surface area contributed by atoms with Gasteiger partial charge in [-0.3, -0.25) is 9.59 Å². The Morgan fingerprint density at radius 1 is 1.21 bits per heavy atom. The van der Waals surface area contributed by atoms with Crippen molar-refractivity contribution in [3.63, 3.8) is 0 Å². The minimum absolute atomic E-state index is 0.206. The summed E-state index contributed by atoms with van der Waals surface area (Å²) in [5.74, 6) is -0.224. The van der Waals surface area contributed by atoms with Gasteiger partial charge in [-0.1, -0.05) is 29.8 Å². The van der Waals surface area contributed by atoms with Crippen LogP contribution in [0.3, 0.4) is 0 Å². The number of aromatic nitrogens is 1. The molecular weight excluding hydrogens is 262 g/mol. The van der Waals surface area contributed by atoms with Gasteiger partial charge in [0.2, 0.25) is 0 Å². The van der Waals surface area contributed by atoms with E-state index < -0.39 is 0 Å². The van der Waals surface area contributed by atoms with E-state index in [1.165, 1.54) is 6.92 Å². The number of rotatable bonds is 3. The Balaban J connectivity index is 2.52. The first-order chi connectivity index (χ1) is 9.00. The Kier molecular flexibility index (Phi) is 3.86. The number of pyridine rings is 1. The first kappa shape index (κ1) is 13.6. The van der Waals surface area contributed by atoms with Crippen LogP contribution in [0.5, 0.6) is 0 Å². The van der Waals surface area contributed by atoms with Crippen LogP contribution in [-0.4, -0.2) is 10.4 Å². The lowest BCUT2D eigenvalue weighted by atomic mass is 10.1. The molecule has 0 fully saturated rings. The summed E-state index contributed by atoms with van der Waals surface area (Å²) < 4.78 is 1.57. The maximum Gasteiger partial charge on any atom is 0.261 e. The average molecular weight is 276 g/mol. The fourth-order valence-corrected chi connectivity index (χ4v) is 2.13. The molecule has 0 spiro atoms. The quantitative estimate of drug-likeness (QED) is 0.808. The molecule has 0 aliphatic heterocycles. The van der Waals surface area contributed by atoms with E-state index in [9.17, 15) is 9.59 Å². The maximum absolute atomic E-state index is 12.2. The van der Waals surface area contributed by atoms with Gasteiger partial charge in [0.15, 0.2) is 5.78 Å². The largest absolute Gasteiger partial charge is 0.308 e. The predicted octanol–water partition coefficient (Wildman–Crippen LogP) is 3.06. The van der Waals surface area contributed by atoms with Crippen LogP contribution in [-0.2, 0) is 6.54 Å². The van der Waals surface area contributed by atoms with Gasteiger partial charge >= 0.3 is 0 Å². The molecule has 1 aromatic carbocycles. The first-order valence-corrected chi connectivity index (χ1v) is 6.33. The molecule has 2 aromatic rings. The Bertz CT molecular complexity index is 689. The fraction of sp³-hybridized carbons (Fsp3) is 0.200. The Morgan fingerprint density at radius 3 is 2.53 bits per heavy atom. The lowest BCUT2D eigenvalue weighted by Gasteiger charge is -2.12. The summed E-state index contributed by atoms with van der Waals surface area (Å²) >= 11 is 6.10. The summed E-state index contributed by atoms with van der Waals surface area (Å²) in [7, 11) is 0. The molecule has 0 saturated heterocycles. The molecule has 3 nitrogen and oxygen atoms in total. The molecule has 19 heavy (non-hydrogen) atoms. The number of nitrogens with zero attached hydrogens (tertiary/aromatic N) is 1. The fourth-order valence-electron chi connectivity index (χ4n) is 1.93. The predicted molar refractivity (Wildman–Crippen MR) is 76.0 cm³/mol. The highest BCUT2D eigenvalue weighted by molar-refractivity contribution is 6.31. The molecular formula is C15H14ClNO2. The summed E-state index contributed by atoms with van der Waals surface area (Å²) in [6.07, 6.45) is 0. The van der Waals surface area contributed by atoms with Crippen molar-refractivity contribution < 1.29 is 4.79 Å². The highest BCUT2D eigenvalue weighted by atomic mass is 35.5. The van der Waals surface area contributed by atoms with Gasteiger partial charge in [-0.15, -0.1) is 0 Å². The highest BCUT2D eigenvalue weighted by Gasteiger charge is 2.11. The number of carbonyl (C=O) groups is 1. The topological polar surface area (TPSA) is 39.1 Å². The van der Waals surface area contributed by atoms with Gasteiger partial charge in [0.25, 0.3) is 5.56 Å². The molecule has 0 aliphatic carbocycles. The monoisotopic (exact) mass is 275 g/mol. The van der Waals surface area contributed by atoms with Crippen molar-refractivity contribution in [2.45, 2.75) is 20.4 Å². The molecule has 1 aromatic heterocycles. The third-order valence-corrected chi connectivity index (χ3v) is 3.43. The second kappa shape index (κ2) is 5.41. The Morgan fingerprint density at radius 2 is 1.89 bits per heavy atom. The summed E-state index contributed by atoms with van der Waals surface area (Å²) in [6, 6.07) is 10.7. The van der Waals surface area contributed by atoms with Gasteiger partial charge in [0.05, 0.1) is 12.1 Å². The number of ketones is 1. The molecule has 4 heteroatoms. The van der Waals surface area contributed by atoms with E-state index in [2.05, 4.69) is 0 Å².